The molecular formula is C61H59BN2S. The average Bonchev–Trinajstić information content (AvgIpc) is 3.67. The van der Waals surface area contributed by atoms with Crippen LogP contribution in [-0.2, 0) is 21.7 Å². The number of fused-ring (bicyclic) bond motifs is 8. The Bertz CT molecular complexity index is 3240. The first kappa shape index (κ1) is 40.7. The topological polar surface area (TPSA) is 6.48 Å². The minimum atomic E-state index is 0.0590. The molecule has 2 aliphatic carbocycles. The summed E-state index contributed by atoms with van der Waals surface area (Å²) in [6, 6.07) is 56.1. The second kappa shape index (κ2) is 14.1. The van der Waals surface area contributed by atoms with Crippen LogP contribution in [0.3, 0.4) is 0 Å². The van der Waals surface area contributed by atoms with Gasteiger partial charge in [-0.25, -0.2) is 0 Å². The first-order chi connectivity index (χ1) is 31.1. The molecule has 0 amide bonds. The third-order valence-electron chi connectivity index (χ3n) is 16.2. The van der Waals surface area contributed by atoms with Gasteiger partial charge in [0.15, 0.2) is 0 Å². The maximum atomic E-state index is 2.71. The SMILES string of the molecule is Cc1cc2c3c(c1)N(c1ccc4c(c1)C(C)(C)CCC4(C)C)c1c(sc4cc5c(cc14)C(C)(C)CCC5(C)C)B3c1ccc(-c3ccccc3)cc1N2c1cccc(-c2ccccc2)c1. The van der Waals surface area contributed by atoms with E-state index in [0.717, 1.165) is 0 Å². The van der Waals surface area contributed by atoms with Gasteiger partial charge in [0.1, 0.15) is 0 Å². The molecule has 2 nitrogen and oxygen atoms in total. The second-order valence-electron chi connectivity index (χ2n) is 22.4. The van der Waals surface area contributed by atoms with Crippen LogP contribution in [0.4, 0.5) is 34.1 Å². The van der Waals surface area contributed by atoms with Gasteiger partial charge in [0.25, 0.3) is 6.71 Å². The number of benzene rings is 7. The number of rotatable bonds is 4. The maximum Gasteiger partial charge on any atom is 0.264 e. The molecule has 8 aromatic rings. The number of aryl methyl sites for hydroxylation is 1. The highest BCUT2D eigenvalue weighted by Gasteiger charge is 2.47. The Hall–Kier alpha value is -5.84. The largest absolute Gasteiger partial charge is 0.311 e. The monoisotopic (exact) mass is 862 g/mol. The summed E-state index contributed by atoms with van der Waals surface area (Å²) in [5.74, 6) is 0. The first-order valence-corrected chi connectivity index (χ1v) is 24.8. The van der Waals surface area contributed by atoms with E-state index in [4.69, 9.17) is 0 Å². The summed E-state index contributed by atoms with van der Waals surface area (Å²) in [7, 11) is 0. The molecule has 2 aliphatic heterocycles. The molecule has 0 fully saturated rings. The van der Waals surface area contributed by atoms with Crippen LogP contribution in [0.1, 0.15) is 109 Å². The van der Waals surface area contributed by atoms with Crippen LogP contribution in [-0.4, -0.2) is 6.71 Å². The molecule has 0 bridgehead atoms. The molecule has 7 aromatic carbocycles. The van der Waals surface area contributed by atoms with Crippen molar-refractivity contribution in [1.82, 2.24) is 0 Å². The molecule has 0 spiro atoms. The molecule has 322 valence electrons. The Balaban J connectivity index is 1.18. The maximum absolute atomic E-state index is 2.71. The summed E-state index contributed by atoms with van der Waals surface area (Å²) in [6.07, 6.45) is 4.77. The fourth-order valence-corrected chi connectivity index (χ4v) is 13.5. The van der Waals surface area contributed by atoms with Gasteiger partial charge < -0.3 is 9.80 Å². The van der Waals surface area contributed by atoms with Crippen molar-refractivity contribution in [2.24, 2.45) is 0 Å². The third-order valence-corrected chi connectivity index (χ3v) is 17.4. The molecule has 3 heterocycles. The Morgan fingerprint density at radius 2 is 0.985 bits per heavy atom. The van der Waals surface area contributed by atoms with Crippen molar-refractivity contribution in [3.8, 4) is 22.3 Å². The highest BCUT2D eigenvalue weighted by molar-refractivity contribution is 7.33. The molecule has 0 unspecified atom stereocenters. The zero-order chi connectivity index (χ0) is 44.8. The molecule has 0 N–H and O–H groups in total. The van der Waals surface area contributed by atoms with E-state index in [9.17, 15) is 0 Å². The van der Waals surface area contributed by atoms with E-state index >= 15 is 0 Å². The predicted molar refractivity (Wildman–Crippen MR) is 282 cm³/mol. The van der Waals surface area contributed by atoms with E-state index in [1.807, 2.05) is 11.3 Å². The molecule has 0 atom stereocenters. The molecule has 4 heteroatoms. The summed E-state index contributed by atoms with van der Waals surface area (Å²) in [5.41, 5.74) is 23.0. The van der Waals surface area contributed by atoms with Gasteiger partial charge in [0.05, 0.1) is 5.69 Å². The van der Waals surface area contributed by atoms with Crippen molar-refractivity contribution in [3.63, 3.8) is 0 Å². The summed E-state index contributed by atoms with van der Waals surface area (Å²) in [5, 5.41) is 1.39. The Labute approximate surface area is 391 Å². The second-order valence-corrected chi connectivity index (χ2v) is 23.4. The van der Waals surface area contributed by atoms with Gasteiger partial charge in [-0.2, -0.15) is 0 Å². The van der Waals surface area contributed by atoms with Crippen LogP contribution >= 0.6 is 11.3 Å². The van der Waals surface area contributed by atoms with Crippen molar-refractivity contribution in [3.05, 3.63) is 173 Å². The number of thiophene rings is 1. The van der Waals surface area contributed by atoms with E-state index in [2.05, 4.69) is 218 Å². The Morgan fingerprint density at radius 1 is 0.446 bits per heavy atom. The van der Waals surface area contributed by atoms with Gasteiger partial charge in [0.2, 0.25) is 0 Å². The lowest BCUT2D eigenvalue weighted by molar-refractivity contribution is 0.332. The van der Waals surface area contributed by atoms with Crippen molar-refractivity contribution in [1.29, 1.82) is 0 Å². The minimum Gasteiger partial charge on any atom is -0.311 e. The van der Waals surface area contributed by atoms with E-state index in [0.29, 0.717) is 0 Å². The lowest BCUT2D eigenvalue weighted by Gasteiger charge is -2.45. The quantitative estimate of drug-likeness (QED) is 0.163. The first-order valence-electron chi connectivity index (χ1n) is 24.0. The van der Waals surface area contributed by atoms with Gasteiger partial charge in [0, 0.05) is 43.3 Å². The Morgan fingerprint density at radius 3 is 1.63 bits per heavy atom. The Kier molecular flexibility index (Phi) is 8.81. The standard InChI is InChI=1S/C61H59BN2S/c1-38-31-52-55-53(32-38)64(44-24-25-46-47(35-44)59(4,5)28-27-58(46,2)3)56-45-36-48-49(61(8,9)30-29-60(48,6)7)37-54(45)65-57(56)62(55)50-26-23-42(40-19-14-11-15-20-40)34-51(50)63(52)43-22-16-21-41(33-43)39-17-12-10-13-18-39/h10-26,31-37H,27-30H2,1-9H3. The van der Waals surface area contributed by atoms with Crippen molar-refractivity contribution >= 4 is 78.0 Å². The highest BCUT2D eigenvalue weighted by Crippen LogP contribution is 2.54. The van der Waals surface area contributed by atoms with Crippen LogP contribution in [0.2, 0.25) is 0 Å². The number of hydrogen-bond acceptors (Lipinski definition) is 3. The zero-order valence-corrected chi connectivity index (χ0v) is 40.4. The van der Waals surface area contributed by atoms with Gasteiger partial charge in [-0.15, -0.1) is 11.3 Å². The molecule has 65 heavy (non-hydrogen) atoms. The van der Waals surface area contributed by atoms with Crippen LogP contribution in [0.25, 0.3) is 32.3 Å². The summed E-state index contributed by atoms with van der Waals surface area (Å²) < 4.78 is 2.84. The average molecular weight is 863 g/mol. The number of hydrogen-bond donors (Lipinski definition) is 0. The van der Waals surface area contributed by atoms with Crippen LogP contribution in [0, 0.1) is 6.92 Å². The molecule has 0 saturated heterocycles. The fourth-order valence-electron chi connectivity index (χ4n) is 12.2. The molecule has 0 radical (unpaired) electrons. The smallest absolute Gasteiger partial charge is 0.264 e. The highest BCUT2D eigenvalue weighted by atomic mass is 32.1. The van der Waals surface area contributed by atoms with E-state index in [1.54, 1.807) is 0 Å². The number of anilines is 6. The normalized spacial score (nSPS) is 18.1. The van der Waals surface area contributed by atoms with Crippen molar-refractivity contribution < 1.29 is 0 Å². The van der Waals surface area contributed by atoms with E-state index in [-0.39, 0.29) is 28.4 Å². The minimum absolute atomic E-state index is 0.0590. The fraction of sp³-hybridized carbons (Fsp3) is 0.279. The van der Waals surface area contributed by atoms with E-state index in [1.165, 1.54) is 136 Å². The third kappa shape index (κ3) is 6.19. The summed E-state index contributed by atoms with van der Waals surface area (Å²) in [4.78, 5) is 5.30. The van der Waals surface area contributed by atoms with E-state index < -0.39 is 0 Å². The van der Waals surface area contributed by atoms with Crippen molar-refractivity contribution in [2.75, 3.05) is 9.80 Å². The lowest BCUT2D eigenvalue weighted by Crippen LogP contribution is -2.60. The number of nitrogens with zero attached hydrogens (tertiary/aromatic N) is 2. The van der Waals surface area contributed by atoms with Crippen LogP contribution < -0.4 is 25.5 Å². The van der Waals surface area contributed by atoms with Gasteiger partial charge in [-0.3, -0.25) is 0 Å². The van der Waals surface area contributed by atoms with Gasteiger partial charge in [-0.05, 0) is 170 Å². The van der Waals surface area contributed by atoms with Crippen molar-refractivity contribution in [2.45, 2.75) is 110 Å². The molecular weight excluding hydrogens is 804 g/mol. The van der Waals surface area contributed by atoms with Gasteiger partial charge in [-0.1, -0.05) is 146 Å². The van der Waals surface area contributed by atoms with Gasteiger partial charge >= 0.3 is 0 Å². The molecule has 0 saturated carbocycles. The molecule has 1 aromatic heterocycles. The summed E-state index contributed by atoms with van der Waals surface area (Å²) in [6.45, 7) is 22.1. The lowest BCUT2D eigenvalue weighted by atomic mass is 9.36. The van der Waals surface area contributed by atoms with Crippen LogP contribution in [0.15, 0.2) is 146 Å². The van der Waals surface area contributed by atoms with Crippen LogP contribution in [0.5, 0.6) is 0 Å². The predicted octanol–water partition coefficient (Wildman–Crippen LogP) is 15.3. The molecule has 4 aliphatic rings. The molecule has 12 rings (SSSR count). The summed E-state index contributed by atoms with van der Waals surface area (Å²) >= 11 is 2.04. The zero-order valence-electron chi connectivity index (χ0n) is 39.6.